The Labute approximate surface area is 98.0 Å². The topological polar surface area (TPSA) is 66.0 Å². The second-order valence-corrected chi connectivity index (χ2v) is 3.46. The maximum Gasteiger partial charge on any atom is 0.154 e. The highest BCUT2D eigenvalue weighted by Crippen LogP contribution is 2.35. The number of hydrogen-bond acceptors (Lipinski definition) is 4. The lowest BCUT2D eigenvalue weighted by Crippen LogP contribution is -2.00. The highest BCUT2D eigenvalue weighted by atomic mass is 19.1. The van der Waals surface area contributed by atoms with Gasteiger partial charge in [-0.25, -0.2) is 4.39 Å². The molecule has 0 aliphatic carbocycles. The Morgan fingerprint density at radius 2 is 2.24 bits per heavy atom. The average Bonchev–Trinajstić information content (AvgIpc) is 2.80. The minimum atomic E-state index is -0.431. The number of methoxy groups -OCH3 is 1. The van der Waals surface area contributed by atoms with Gasteiger partial charge in [0.1, 0.15) is 11.5 Å². The van der Waals surface area contributed by atoms with E-state index in [4.69, 9.17) is 10.5 Å². The zero-order valence-electron chi connectivity index (χ0n) is 9.64. The SMILES string of the molecule is CCn1ncc(-c2c(F)ccc(N)c2OC)n1. The van der Waals surface area contributed by atoms with Crippen molar-refractivity contribution in [3.8, 4) is 17.0 Å². The second-order valence-electron chi connectivity index (χ2n) is 3.46. The molecule has 0 saturated carbocycles. The maximum absolute atomic E-state index is 13.8. The van der Waals surface area contributed by atoms with E-state index in [1.807, 2.05) is 6.92 Å². The van der Waals surface area contributed by atoms with E-state index in [1.165, 1.54) is 30.2 Å². The van der Waals surface area contributed by atoms with E-state index < -0.39 is 5.82 Å². The third kappa shape index (κ3) is 1.93. The average molecular weight is 236 g/mol. The van der Waals surface area contributed by atoms with Gasteiger partial charge in [0.25, 0.3) is 0 Å². The van der Waals surface area contributed by atoms with Crippen LogP contribution in [0.2, 0.25) is 0 Å². The molecule has 0 bridgehead atoms. The van der Waals surface area contributed by atoms with Crippen molar-refractivity contribution in [2.75, 3.05) is 12.8 Å². The van der Waals surface area contributed by atoms with Crippen LogP contribution >= 0.6 is 0 Å². The number of aromatic nitrogens is 3. The largest absolute Gasteiger partial charge is 0.494 e. The fourth-order valence-electron chi connectivity index (χ4n) is 1.60. The third-order valence-electron chi connectivity index (χ3n) is 2.42. The van der Waals surface area contributed by atoms with Crippen LogP contribution in [0.1, 0.15) is 6.92 Å². The van der Waals surface area contributed by atoms with Crippen LogP contribution in [0, 0.1) is 5.82 Å². The molecule has 17 heavy (non-hydrogen) atoms. The molecule has 1 heterocycles. The summed E-state index contributed by atoms with van der Waals surface area (Å²) in [5.74, 6) is -0.146. The smallest absolute Gasteiger partial charge is 0.154 e. The van der Waals surface area contributed by atoms with Crippen LogP contribution in [-0.4, -0.2) is 22.1 Å². The molecule has 0 radical (unpaired) electrons. The predicted molar refractivity (Wildman–Crippen MR) is 62.1 cm³/mol. The first-order valence-corrected chi connectivity index (χ1v) is 5.19. The van der Waals surface area contributed by atoms with Crippen molar-refractivity contribution in [1.82, 2.24) is 15.0 Å². The maximum atomic E-state index is 13.8. The number of benzene rings is 1. The molecule has 0 aliphatic rings. The summed E-state index contributed by atoms with van der Waals surface area (Å²) < 4.78 is 18.9. The van der Waals surface area contributed by atoms with Crippen molar-refractivity contribution in [2.45, 2.75) is 13.5 Å². The molecular formula is C11H13FN4O. The van der Waals surface area contributed by atoms with Crippen molar-refractivity contribution in [3.63, 3.8) is 0 Å². The van der Waals surface area contributed by atoms with Crippen LogP contribution < -0.4 is 10.5 Å². The van der Waals surface area contributed by atoms with E-state index in [1.54, 1.807) is 0 Å². The molecule has 2 N–H and O–H groups in total. The first-order chi connectivity index (χ1) is 8.17. The molecule has 6 heteroatoms. The van der Waals surface area contributed by atoms with E-state index in [0.29, 0.717) is 17.9 Å². The lowest BCUT2D eigenvalue weighted by Gasteiger charge is -2.09. The number of anilines is 1. The summed E-state index contributed by atoms with van der Waals surface area (Å²) >= 11 is 0. The number of rotatable bonds is 3. The number of hydrogen-bond donors (Lipinski definition) is 1. The van der Waals surface area contributed by atoms with Gasteiger partial charge in [-0.3, -0.25) is 0 Å². The van der Waals surface area contributed by atoms with E-state index in [-0.39, 0.29) is 11.3 Å². The molecule has 0 amide bonds. The number of nitrogens with zero attached hydrogens (tertiary/aromatic N) is 3. The van der Waals surface area contributed by atoms with E-state index in [2.05, 4.69) is 10.2 Å². The zero-order valence-corrected chi connectivity index (χ0v) is 9.64. The Balaban J connectivity index is 2.60. The van der Waals surface area contributed by atoms with Crippen molar-refractivity contribution >= 4 is 5.69 Å². The fraction of sp³-hybridized carbons (Fsp3) is 0.273. The number of halogens is 1. The first kappa shape index (κ1) is 11.4. The number of aryl methyl sites for hydroxylation is 1. The van der Waals surface area contributed by atoms with Crippen molar-refractivity contribution < 1.29 is 9.13 Å². The summed E-state index contributed by atoms with van der Waals surface area (Å²) in [6, 6.07) is 2.75. The standard InChI is InChI=1S/C11H13FN4O/c1-3-16-14-6-9(15-16)10-7(12)4-5-8(13)11(10)17-2/h4-6H,3,13H2,1-2H3. The van der Waals surface area contributed by atoms with Crippen LogP contribution in [0.25, 0.3) is 11.3 Å². The van der Waals surface area contributed by atoms with Crippen LogP contribution in [-0.2, 0) is 6.54 Å². The first-order valence-electron chi connectivity index (χ1n) is 5.19. The molecule has 1 aromatic carbocycles. The molecule has 2 aromatic rings. The lowest BCUT2D eigenvalue weighted by molar-refractivity contribution is 0.415. The number of ether oxygens (including phenoxy) is 1. The van der Waals surface area contributed by atoms with Crippen LogP contribution in [0.5, 0.6) is 5.75 Å². The fourth-order valence-corrected chi connectivity index (χ4v) is 1.60. The molecule has 1 aromatic heterocycles. The lowest BCUT2D eigenvalue weighted by atomic mass is 10.1. The van der Waals surface area contributed by atoms with Crippen molar-refractivity contribution in [3.05, 3.63) is 24.1 Å². The number of nitrogen functional groups attached to an aromatic ring is 1. The summed E-state index contributed by atoms with van der Waals surface area (Å²) in [5.41, 5.74) is 6.75. The van der Waals surface area contributed by atoms with Gasteiger partial charge in [0.05, 0.1) is 31.1 Å². The molecule has 0 saturated heterocycles. The number of nitrogens with two attached hydrogens (primary N) is 1. The Kier molecular flexibility index (Phi) is 2.95. The normalized spacial score (nSPS) is 10.5. The summed E-state index contributed by atoms with van der Waals surface area (Å²) in [4.78, 5) is 1.47. The Bertz CT molecular complexity index is 538. The zero-order chi connectivity index (χ0) is 12.4. The summed E-state index contributed by atoms with van der Waals surface area (Å²) in [7, 11) is 1.44. The Hall–Kier alpha value is -2.11. The molecule has 5 nitrogen and oxygen atoms in total. The van der Waals surface area contributed by atoms with Gasteiger partial charge in [0, 0.05) is 0 Å². The van der Waals surface area contributed by atoms with Crippen LogP contribution in [0.15, 0.2) is 18.3 Å². The molecule has 0 unspecified atom stereocenters. The van der Waals surface area contributed by atoms with Gasteiger partial charge in [0.2, 0.25) is 0 Å². The van der Waals surface area contributed by atoms with Gasteiger partial charge in [-0.1, -0.05) is 0 Å². The molecule has 0 spiro atoms. The minimum Gasteiger partial charge on any atom is -0.494 e. The molecule has 0 fully saturated rings. The van der Waals surface area contributed by atoms with Crippen LogP contribution in [0.4, 0.5) is 10.1 Å². The van der Waals surface area contributed by atoms with E-state index in [0.717, 1.165) is 0 Å². The Morgan fingerprint density at radius 3 is 2.82 bits per heavy atom. The Morgan fingerprint density at radius 1 is 1.47 bits per heavy atom. The van der Waals surface area contributed by atoms with E-state index in [9.17, 15) is 4.39 Å². The molecule has 0 atom stereocenters. The summed E-state index contributed by atoms with van der Waals surface area (Å²) in [6.45, 7) is 2.52. The van der Waals surface area contributed by atoms with Gasteiger partial charge in [-0.05, 0) is 19.1 Å². The van der Waals surface area contributed by atoms with Crippen molar-refractivity contribution in [1.29, 1.82) is 0 Å². The summed E-state index contributed by atoms with van der Waals surface area (Å²) in [5, 5.41) is 8.14. The van der Waals surface area contributed by atoms with Gasteiger partial charge >= 0.3 is 0 Å². The van der Waals surface area contributed by atoms with Gasteiger partial charge in [-0.2, -0.15) is 15.0 Å². The van der Waals surface area contributed by atoms with Crippen LogP contribution in [0.3, 0.4) is 0 Å². The van der Waals surface area contributed by atoms with Crippen molar-refractivity contribution in [2.24, 2.45) is 0 Å². The second kappa shape index (κ2) is 4.40. The monoisotopic (exact) mass is 236 g/mol. The van der Waals surface area contributed by atoms with E-state index >= 15 is 0 Å². The molecule has 90 valence electrons. The molecule has 2 rings (SSSR count). The molecule has 0 aliphatic heterocycles. The van der Waals surface area contributed by atoms with Gasteiger partial charge in [-0.15, -0.1) is 0 Å². The molecular weight excluding hydrogens is 223 g/mol. The third-order valence-corrected chi connectivity index (χ3v) is 2.42. The quantitative estimate of drug-likeness (QED) is 0.823. The minimum absolute atomic E-state index is 0.243. The van der Waals surface area contributed by atoms with Gasteiger partial charge < -0.3 is 10.5 Å². The summed E-state index contributed by atoms with van der Waals surface area (Å²) in [6.07, 6.45) is 1.49. The van der Waals surface area contributed by atoms with Gasteiger partial charge in [0.15, 0.2) is 5.75 Å². The highest BCUT2D eigenvalue weighted by molar-refractivity contribution is 5.75. The predicted octanol–water partition coefficient (Wildman–Crippen LogP) is 1.69. The highest BCUT2D eigenvalue weighted by Gasteiger charge is 2.17.